The number of benzene rings is 1. The van der Waals surface area contributed by atoms with Crippen molar-refractivity contribution in [2.24, 2.45) is 0 Å². The lowest BCUT2D eigenvalue weighted by Crippen LogP contribution is -2.48. The molecule has 8 heteroatoms. The summed E-state index contributed by atoms with van der Waals surface area (Å²) in [7, 11) is 2.00. The Kier molecular flexibility index (Phi) is 7.44. The van der Waals surface area contributed by atoms with Crippen LogP contribution < -0.4 is 4.90 Å². The Labute approximate surface area is 182 Å². The molecule has 0 N–H and O–H groups in total. The number of likely N-dealkylation sites (N-methyl/N-ethyl adjacent to an activating group) is 1. The summed E-state index contributed by atoms with van der Waals surface area (Å²) in [5.41, 5.74) is 3.16. The van der Waals surface area contributed by atoms with Crippen molar-refractivity contribution >= 4 is 11.5 Å². The van der Waals surface area contributed by atoms with Crippen LogP contribution in [0.1, 0.15) is 25.8 Å². The summed E-state index contributed by atoms with van der Waals surface area (Å²) >= 11 is 0. The number of carbonyl (C=O) groups excluding carboxylic acids is 1. The standard InChI is InChI=1S/C23H32F3N3O2/c1-22(2)19-7-4-5-8-20(19)27(3)21(22)15-18(30)16-29-12-10-28(11-13-29)9-6-14-31-17-23(24,25)26/h4-5,7-8,15H,6,9-14,16-17H2,1-3H3/b21-15-. The van der Waals surface area contributed by atoms with Gasteiger partial charge >= 0.3 is 6.18 Å². The van der Waals surface area contributed by atoms with Gasteiger partial charge in [-0.05, 0) is 18.1 Å². The Balaban J connectivity index is 1.44. The second-order valence-electron chi connectivity index (χ2n) is 8.84. The van der Waals surface area contributed by atoms with Crippen molar-refractivity contribution in [3.63, 3.8) is 0 Å². The molecular formula is C23H32F3N3O2. The van der Waals surface area contributed by atoms with E-state index in [1.54, 1.807) is 6.08 Å². The van der Waals surface area contributed by atoms with Crippen LogP contribution in [-0.4, -0.2) is 81.3 Å². The number of ether oxygens (including phenoxy) is 1. The minimum absolute atomic E-state index is 0.0942. The monoisotopic (exact) mass is 439 g/mol. The number of alkyl halides is 3. The van der Waals surface area contributed by atoms with Gasteiger partial charge in [0.25, 0.3) is 0 Å². The van der Waals surface area contributed by atoms with Crippen LogP contribution in [0.25, 0.3) is 0 Å². The molecule has 31 heavy (non-hydrogen) atoms. The maximum Gasteiger partial charge on any atom is 0.411 e. The van der Waals surface area contributed by atoms with Crippen molar-refractivity contribution in [1.29, 1.82) is 0 Å². The number of hydrogen-bond acceptors (Lipinski definition) is 5. The van der Waals surface area contributed by atoms with Crippen LogP contribution in [0.15, 0.2) is 36.0 Å². The maximum atomic E-state index is 12.8. The van der Waals surface area contributed by atoms with Gasteiger partial charge in [-0.2, -0.15) is 13.2 Å². The average molecular weight is 440 g/mol. The third-order valence-corrected chi connectivity index (χ3v) is 6.11. The summed E-state index contributed by atoms with van der Waals surface area (Å²) in [6.07, 6.45) is -1.91. The number of fused-ring (bicyclic) bond motifs is 1. The van der Waals surface area contributed by atoms with Crippen LogP contribution in [0.4, 0.5) is 18.9 Å². The summed E-state index contributed by atoms with van der Waals surface area (Å²) in [4.78, 5) is 19.2. The minimum atomic E-state index is -4.27. The van der Waals surface area contributed by atoms with E-state index < -0.39 is 12.8 Å². The molecule has 0 amide bonds. The van der Waals surface area contributed by atoms with Crippen molar-refractivity contribution < 1.29 is 22.7 Å². The number of anilines is 1. The van der Waals surface area contributed by atoms with Gasteiger partial charge in [-0.15, -0.1) is 0 Å². The highest BCUT2D eigenvalue weighted by atomic mass is 19.4. The first-order chi connectivity index (χ1) is 14.6. The Morgan fingerprint density at radius 3 is 2.42 bits per heavy atom. The molecule has 0 bridgehead atoms. The minimum Gasteiger partial charge on any atom is -0.372 e. The van der Waals surface area contributed by atoms with E-state index >= 15 is 0 Å². The van der Waals surface area contributed by atoms with E-state index in [2.05, 4.69) is 45.4 Å². The van der Waals surface area contributed by atoms with E-state index in [-0.39, 0.29) is 17.8 Å². The SMILES string of the molecule is CN1/C(=C\C(=O)CN2CCN(CCCOCC(F)(F)F)CC2)C(C)(C)c2ccccc21. The number of piperazine rings is 1. The number of para-hydroxylation sites is 1. The fraction of sp³-hybridized carbons (Fsp3) is 0.609. The van der Waals surface area contributed by atoms with E-state index in [0.717, 1.165) is 37.6 Å². The van der Waals surface area contributed by atoms with Crippen LogP contribution in [0.3, 0.4) is 0 Å². The molecule has 0 aromatic heterocycles. The highest BCUT2D eigenvalue weighted by Crippen LogP contribution is 2.46. The third-order valence-electron chi connectivity index (χ3n) is 6.11. The van der Waals surface area contributed by atoms with Gasteiger partial charge in [0, 0.05) is 69.3 Å². The van der Waals surface area contributed by atoms with Crippen LogP contribution >= 0.6 is 0 Å². The Hall–Kier alpha value is -1.90. The second-order valence-corrected chi connectivity index (χ2v) is 8.84. The zero-order valence-corrected chi connectivity index (χ0v) is 18.5. The van der Waals surface area contributed by atoms with Crippen LogP contribution in [0.5, 0.6) is 0 Å². The fourth-order valence-corrected chi connectivity index (χ4v) is 4.43. The maximum absolute atomic E-state index is 12.8. The summed E-state index contributed by atoms with van der Waals surface area (Å²) in [5.74, 6) is 0.0942. The first-order valence-electron chi connectivity index (χ1n) is 10.8. The molecule has 1 fully saturated rings. The van der Waals surface area contributed by atoms with Gasteiger partial charge in [0.05, 0.1) is 6.54 Å². The zero-order valence-electron chi connectivity index (χ0n) is 18.5. The molecule has 0 saturated carbocycles. The average Bonchev–Trinajstić information content (AvgIpc) is 2.89. The van der Waals surface area contributed by atoms with Crippen LogP contribution in [0, 0.1) is 0 Å². The van der Waals surface area contributed by atoms with E-state index in [4.69, 9.17) is 0 Å². The molecule has 0 radical (unpaired) electrons. The largest absolute Gasteiger partial charge is 0.411 e. The van der Waals surface area contributed by atoms with Crippen LogP contribution in [0.2, 0.25) is 0 Å². The lowest BCUT2D eigenvalue weighted by Gasteiger charge is -2.34. The van der Waals surface area contributed by atoms with Crippen molar-refractivity contribution in [3.05, 3.63) is 41.6 Å². The third kappa shape index (κ3) is 6.08. The normalized spacial score (nSPS) is 21.0. The van der Waals surface area contributed by atoms with Crippen molar-refractivity contribution in [2.75, 3.05) is 64.4 Å². The van der Waals surface area contributed by atoms with Gasteiger partial charge < -0.3 is 14.5 Å². The molecule has 2 aliphatic heterocycles. The number of ketones is 1. The Morgan fingerprint density at radius 2 is 1.77 bits per heavy atom. The van der Waals surface area contributed by atoms with Gasteiger partial charge in [0.1, 0.15) is 6.61 Å². The van der Waals surface area contributed by atoms with Gasteiger partial charge in [-0.25, -0.2) is 0 Å². The molecule has 1 aromatic carbocycles. The molecule has 2 heterocycles. The highest BCUT2D eigenvalue weighted by Gasteiger charge is 2.38. The summed E-state index contributed by atoms with van der Waals surface area (Å²) in [6.45, 7) is 7.47. The lowest BCUT2D eigenvalue weighted by molar-refractivity contribution is -0.174. The number of nitrogens with zero attached hydrogens (tertiary/aromatic N) is 3. The molecule has 0 aliphatic carbocycles. The van der Waals surface area contributed by atoms with Crippen molar-refractivity contribution in [3.8, 4) is 0 Å². The molecule has 5 nitrogen and oxygen atoms in total. The smallest absolute Gasteiger partial charge is 0.372 e. The summed E-state index contributed by atoms with van der Waals surface area (Å²) in [6, 6.07) is 8.24. The Bertz CT molecular complexity index is 800. The molecule has 3 rings (SSSR count). The topological polar surface area (TPSA) is 36.0 Å². The molecule has 1 saturated heterocycles. The number of allylic oxidation sites excluding steroid dienone is 1. The molecule has 0 spiro atoms. The zero-order chi connectivity index (χ0) is 22.6. The summed E-state index contributed by atoms with van der Waals surface area (Å²) < 4.78 is 40.9. The van der Waals surface area contributed by atoms with E-state index in [0.29, 0.717) is 19.5 Å². The van der Waals surface area contributed by atoms with Crippen molar-refractivity contribution in [2.45, 2.75) is 31.9 Å². The van der Waals surface area contributed by atoms with Gasteiger partial charge in [-0.3, -0.25) is 9.69 Å². The fourth-order valence-electron chi connectivity index (χ4n) is 4.43. The lowest BCUT2D eigenvalue weighted by atomic mass is 9.83. The predicted octanol–water partition coefficient (Wildman–Crippen LogP) is 3.45. The van der Waals surface area contributed by atoms with E-state index in [1.165, 1.54) is 5.56 Å². The first kappa shape index (κ1) is 23.8. The number of hydrogen-bond donors (Lipinski definition) is 0. The number of halogens is 3. The number of carbonyl (C=O) groups is 1. The molecule has 0 unspecified atom stereocenters. The molecule has 2 aliphatic rings. The molecule has 1 aromatic rings. The van der Waals surface area contributed by atoms with E-state index in [9.17, 15) is 18.0 Å². The predicted molar refractivity (Wildman–Crippen MR) is 115 cm³/mol. The summed E-state index contributed by atoms with van der Waals surface area (Å²) in [5, 5.41) is 0. The van der Waals surface area contributed by atoms with Gasteiger partial charge in [-0.1, -0.05) is 32.0 Å². The highest BCUT2D eigenvalue weighted by molar-refractivity contribution is 5.94. The van der Waals surface area contributed by atoms with Crippen LogP contribution in [-0.2, 0) is 14.9 Å². The second kappa shape index (κ2) is 9.71. The molecule has 0 atom stereocenters. The van der Waals surface area contributed by atoms with Crippen molar-refractivity contribution in [1.82, 2.24) is 9.80 Å². The Morgan fingerprint density at radius 1 is 1.13 bits per heavy atom. The molecular weight excluding hydrogens is 407 g/mol. The van der Waals surface area contributed by atoms with Gasteiger partial charge in [0.2, 0.25) is 0 Å². The first-order valence-corrected chi connectivity index (χ1v) is 10.8. The quantitative estimate of drug-likeness (QED) is 0.458. The van der Waals surface area contributed by atoms with E-state index in [1.807, 2.05) is 19.2 Å². The van der Waals surface area contributed by atoms with Gasteiger partial charge in [0.15, 0.2) is 5.78 Å². The number of rotatable bonds is 8. The molecule has 172 valence electrons.